The molecule has 0 saturated heterocycles. The van der Waals surface area contributed by atoms with Gasteiger partial charge in [-0.15, -0.1) is 0 Å². The first-order valence-electron chi connectivity index (χ1n) is 6.14. The topological polar surface area (TPSA) is 9.23 Å². The first-order chi connectivity index (χ1) is 9.97. The molecule has 0 aliphatic rings. The zero-order valence-electron chi connectivity index (χ0n) is 11.2. The van der Waals surface area contributed by atoms with Gasteiger partial charge in [0.15, 0.2) is 23.2 Å². The van der Waals surface area contributed by atoms with Gasteiger partial charge >= 0.3 is 0 Å². The van der Waals surface area contributed by atoms with E-state index in [0.29, 0.717) is 0 Å². The minimum atomic E-state index is -1.29. The van der Waals surface area contributed by atoms with E-state index < -0.39 is 23.3 Å². The third-order valence-corrected chi connectivity index (χ3v) is 2.97. The summed E-state index contributed by atoms with van der Waals surface area (Å²) in [5.41, 5.74) is -0.623. The second-order valence-corrected chi connectivity index (χ2v) is 4.40. The summed E-state index contributed by atoms with van der Waals surface area (Å²) in [6, 6.07) is 4.81. The SMILES string of the molecule is C=CCOc1ccc(-c2ccc(C)c(F)c2F)c(F)c1F. The van der Waals surface area contributed by atoms with Gasteiger partial charge in [-0.2, -0.15) is 4.39 Å². The predicted molar refractivity (Wildman–Crippen MR) is 72.1 cm³/mol. The van der Waals surface area contributed by atoms with Crippen LogP contribution in [0, 0.1) is 30.2 Å². The fraction of sp³-hybridized carbons (Fsp3) is 0.125. The second kappa shape index (κ2) is 5.99. The molecule has 2 aromatic rings. The normalized spacial score (nSPS) is 10.5. The van der Waals surface area contributed by atoms with Crippen LogP contribution in [-0.2, 0) is 0 Å². The summed E-state index contributed by atoms with van der Waals surface area (Å²) in [6.45, 7) is 4.77. The molecule has 0 atom stereocenters. The molecule has 2 aromatic carbocycles. The van der Waals surface area contributed by atoms with E-state index in [1.807, 2.05) is 0 Å². The molecule has 0 aliphatic heterocycles. The Morgan fingerprint density at radius 3 is 2.10 bits per heavy atom. The Bertz CT molecular complexity index is 695. The molecule has 0 aliphatic carbocycles. The van der Waals surface area contributed by atoms with Crippen LogP contribution in [0.25, 0.3) is 11.1 Å². The summed E-state index contributed by atoms with van der Waals surface area (Å²) in [4.78, 5) is 0. The van der Waals surface area contributed by atoms with Gasteiger partial charge in [0.1, 0.15) is 6.61 Å². The van der Waals surface area contributed by atoms with Crippen molar-refractivity contribution in [2.75, 3.05) is 6.61 Å². The van der Waals surface area contributed by atoms with Crippen LogP contribution in [0.15, 0.2) is 36.9 Å². The van der Waals surface area contributed by atoms with Gasteiger partial charge in [0.25, 0.3) is 0 Å². The first kappa shape index (κ1) is 15.1. The highest BCUT2D eigenvalue weighted by Gasteiger charge is 2.20. The molecule has 0 amide bonds. The number of benzene rings is 2. The van der Waals surface area contributed by atoms with E-state index in [4.69, 9.17) is 4.74 Å². The van der Waals surface area contributed by atoms with Gasteiger partial charge in [0.2, 0.25) is 5.82 Å². The van der Waals surface area contributed by atoms with E-state index in [0.717, 1.165) is 12.1 Å². The number of hydrogen-bond acceptors (Lipinski definition) is 1. The van der Waals surface area contributed by atoms with Crippen molar-refractivity contribution in [1.29, 1.82) is 0 Å². The molecule has 21 heavy (non-hydrogen) atoms. The summed E-state index contributed by atoms with van der Waals surface area (Å²) in [5.74, 6) is -5.16. The molecule has 2 rings (SSSR count). The maximum atomic E-state index is 14.0. The van der Waals surface area contributed by atoms with Gasteiger partial charge in [-0.1, -0.05) is 24.8 Å². The summed E-state index contributed by atoms with van der Waals surface area (Å²) in [7, 11) is 0. The van der Waals surface area contributed by atoms with Gasteiger partial charge in [-0.3, -0.25) is 0 Å². The second-order valence-electron chi connectivity index (χ2n) is 4.40. The van der Waals surface area contributed by atoms with Crippen LogP contribution in [0.1, 0.15) is 5.56 Å². The smallest absolute Gasteiger partial charge is 0.201 e. The molecule has 0 unspecified atom stereocenters. The monoisotopic (exact) mass is 296 g/mol. The lowest BCUT2D eigenvalue weighted by Crippen LogP contribution is -2.01. The van der Waals surface area contributed by atoms with Crippen LogP contribution in [0.3, 0.4) is 0 Å². The Kier molecular flexibility index (Phi) is 4.31. The number of aryl methyl sites for hydroxylation is 1. The summed E-state index contributed by atoms with van der Waals surface area (Å²) < 4.78 is 60.2. The lowest BCUT2D eigenvalue weighted by molar-refractivity contribution is 0.333. The van der Waals surface area contributed by atoms with Gasteiger partial charge in [0, 0.05) is 11.1 Å². The molecule has 0 heterocycles. The third kappa shape index (κ3) is 2.77. The van der Waals surface area contributed by atoms with Crippen molar-refractivity contribution in [1.82, 2.24) is 0 Å². The summed E-state index contributed by atoms with van der Waals surface area (Å²) in [5, 5.41) is 0. The Morgan fingerprint density at radius 2 is 1.48 bits per heavy atom. The van der Waals surface area contributed by atoms with E-state index in [2.05, 4.69) is 6.58 Å². The maximum absolute atomic E-state index is 14.0. The third-order valence-electron chi connectivity index (χ3n) is 2.97. The molecule has 1 nitrogen and oxygen atoms in total. The zero-order chi connectivity index (χ0) is 15.6. The first-order valence-corrected chi connectivity index (χ1v) is 6.14. The van der Waals surface area contributed by atoms with Crippen molar-refractivity contribution < 1.29 is 22.3 Å². The van der Waals surface area contributed by atoms with Gasteiger partial charge in [0.05, 0.1) is 0 Å². The Balaban J connectivity index is 2.53. The quantitative estimate of drug-likeness (QED) is 0.582. The summed E-state index contributed by atoms with van der Waals surface area (Å²) >= 11 is 0. The average molecular weight is 296 g/mol. The highest BCUT2D eigenvalue weighted by molar-refractivity contribution is 5.66. The molecule has 0 spiro atoms. The lowest BCUT2D eigenvalue weighted by Gasteiger charge is -2.11. The van der Waals surface area contributed by atoms with E-state index >= 15 is 0 Å². The van der Waals surface area contributed by atoms with Crippen LogP contribution in [0.2, 0.25) is 0 Å². The van der Waals surface area contributed by atoms with Crippen LogP contribution < -0.4 is 4.74 Å². The number of hydrogen-bond donors (Lipinski definition) is 0. The van der Waals surface area contributed by atoms with Crippen molar-refractivity contribution in [2.45, 2.75) is 6.92 Å². The highest BCUT2D eigenvalue weighted by Crippen LogP contribution is 2.32. The van der Waals surface area contributed by atoms with Crippen LogP contribution >= 0.6 is 0 Å². The van der Waals surface area contributed by atoms with Gasteiger partial charge < -0.3 is 4.74 Å². The molecule has 0 bridgehead atoms. The zero-order valence-corrected chi connectivity index (χ0v) is 11.2. The molecule has 5 heteroatoms. The Hall–Kier alpha value is -2.30. The average Bonchev–Trinajstić information content (AvgIpc) is 2.47. The Labute approximate surface area is 119 Å². The van der Waals surface area contributed by atoms with Crippen molar-refractivity contribution in [3.63, 3.8) is 0 Å². The van der Waals surface area contributed by atoms with E-state index in [9.17, 15) is 17.6 Å². The van der Waals surface area contributed by atoms with Crippen LogP contribution in [0.5, 0.6) is 5.75 Å². The Morgan fingerprint density at radius 1 is 0.905 bits per heavy atom. The van der Waals surface area contributed by atoms with Crippen LogP contribution in [0.4, 0.5) is 17.6 Å². The standard InChI is InChI=1S/C16H12F4O/c1-3-8-21-12-7-6-11(15(19)16(12)20)10-5-4-9(2)13(17)14(10)18/h3-7H,1,8H2,2H3. The molecule has 110 valence electrons. The van der Waals surface area contributed by atoms with Crippen LogP contribution in [-0.4, -0.2) is 6.61 Å². The fourth-order valence-corrected chi connectivity index (χ4v) is 1.85. The predicted octanol–water partition coefficient (Wildman–Crippen LogP) is 4.78. The van der Waals surface area contributed by atoms with Crippen molar-refractivity contribution >= 4 is 0 Å². The molecule has 0 radical (unpaired) electrons. The minimum Gasteiger partial charge on any atom is -0.486 e. The molecular formula is C16H12F4O. The number of rotatable bonds is 4. The molecular weight excluding hydrogens is 284 g/mol. The highest BCUT2D eigenvalue weighted by atomic mass is 19.2. The molecule has 0 aromatic heterocycles. The molecule has 0 fully saturated rings. The number of halogens is 4. The minimum absolute atomic E-state index is 0.00320. The van der Waals surface area contributed by atoms with E-state index in [1.165, 1.54) is 25.1 Å². The van der Waals surface area contributed by atoms with E-state index in [-0.39, 0.29) is 29.0 Å². The van der Waals surface area contributed by atoms with Crippen molar-refractivity contribution in [3.05, 3.63) is 65.8 Å². The molecule has 0 saturated carbocycles. The van der Waals surface area contributed by atoms with Gasteiger partial charge in [-0.25, -0.2) is 13.2 Å². The lowest BCUT2D eigenvalue weighted by atomic mass is 10.0. The van der Waals surface area contributed by atoms with Gasteiger partial charge in [-0.05, 0) is 24.6 Å². The fourth-order valence-electron chi connectivity index (χ4n) is 1.85. The number of ether oxygens (including phenoxy) is 1. The van der Waals surface area contributed by atoms with Crippen molar-refractivity contribution in [3.8, 4) is 16.9 Å². The summed E-state index contributed by atoms with van der Waals surface area (Å²) in [6.07, 6.45) is 1.38. The van der Waals surface area contributed by atoms with Crippen molar-refractivity contribution in [2.24, 2.45) is 0 Å². The largest absolute Gasteiger partial charge is 0.486 e. The maximum Gasteiger partial charge on any atom is 0.201 e. The molecule has 0 N–H and O–H groups in total. The van der Waals surface area contributed by atoms with E-state index in [1.54, 1.807) is 0 Å².